The monoisotopic (exact) mass is 829 g/mol. The Labute approximate surface area is 365 Å². The Balaban J connectivity index is 4.31. The van der Waals surface area contributed by atoms with Crippen molar-refractivity contribution in [3.8, 4) is 0 Å². The number of allylic oxidation sites excluding steroid dienone is 6. The quantitative estimate of drug-likeness (QED) is 0.0263. The molecule has 344 valence electrons. The summed E-state index contributed by atoms with van der Waals surface area (Å²) in [6.45, 7) is 6.51. The summed E-state index contributed by atoms with van der Waals surface area (Å²) in [6, 6.07) is 0. The Bertz CT molecular complexity index is 1000. The Morgan fingerprint density at radius 2 is 0.661 bits per heavy atom. The highest BCUT2D eigenvalue weighted by Gasteiger charge is 2.19. The number of hydrogen-bond donors (Lipinski definition) is 0. The van der Waals surface area contributed by atoms with E-state index in [-0.39, 0.29) is 31.1 Å². The zero-order valence-corrected chi connectivity index (χ0v) is 39.3. The van der Waals surface area contributed by atoms with E-state index < -0.39 is 6.10 Å². The molecule has 1 atom stereocenters. The van der Waals surface area contributed by atoms with Crippen LogP contribution in [0, 0.1) is 0 Å². The van der Waals surface area contributed by atoms with Crippen molar-refractivity contribution in [3.05, 3.63) is 36.5 Å². The molecule has 0 aromatic rings. The van der Waals surface area contributed by atoms with Gasteiger partial charge in [0.1, 0.15) is 13.2 Å². The summed E-state index contributed by atoms with van der Waals surface area (Å²) in [4.78, 5) is 37.9. The molecule has 0 rings (SSSR count). The molecule has 0 aliphatic heterocycles. The summed E-state index contributed by atoms with van der Waals surface area (Å²) >= 11 is 0. The van der Waals surface area contributed by atoms with E-state index in [0.717, 1.165) is 96.3 Å². The Morgan fingerprint density at radius 1 is 0.356 bits per heavy atom. The molecular formula is C53H96O6. The smallest absolute Gasteiger partial charge is 0.306 e. The molecule has 0 aliphatic carbocycles. The van der Waals surface area contributed by atoms with Crippen molar-refractivity contribution in [1.82, 2.24) is 0 Å². The second-order valence-electron chi connectivity index (χ2n) is 17.1. The van der Waals surface area contributed by atoms with Gasteiger partial charge in [-0.25, -0.2) is 0 Å². The molecule has 0 aromatic heterocycles. The molecule has 0 saturated heterocycles. The standard InChI is InChI=1S/C53H96O6/c1-4-7-10-13-16-19-21-23-25-26-28-29-31-34-37-40-43-46-52(55)58-49-50(48-57-51(54)45-42-39-36-33-18-15-12-9-6-3)59-53(56)47-44-41-38-35-32-30-27-24-22-20-17-14-11-8-5-2/h8,11,17,20,24,27,50H,4-7,9-10,12-16,18-19,21-23,25-26,28-49H2,1-3H3/b11-8-,20-17-,27-24-. The van der Waals surface area contributed by atoms with Crippen molar-refractivity contribution in [2.24, 2.45) is 0 Å². The van der Waals surface area contributed by atoms with Crippen molar-refractivity contribution in [3.63, 3.8) is 0 Å². The van der Waals surface area contributed by atoms with E-state index in [1.165, 1.54) is 128 Å². The van der Waals surface area contributed by atoms with Crippen molar-refractivity contribution < 1.29 is 28.6 Å². The number of carbonyl (C=O) groups excluding carboxylic acids is 3. The van der Waals surface area contributed by atoms with Crippen LogP contribution < -0.4 is 0 Å². The van der Waals surface area contributed by atoms with Crippen LogP contribution in [0.3, 0.4) is 0 Å². The Kier molecular flexibility index (Phi) is 46.4. The van der Waals surface area contributed by atoms with Gasteiger partial charge in [-0.3, -0.25) is 14.4 Å². The van der Waals surface area contributed by atoms with Crippen LogP contribution in [0.2, 0.25) is 0 Å². The molecule has 0 N–H and O–H groups in total. The Hall–Kier alpha value is -2.37. The van der Waals surface area contributed by atoms with Crippen LogP contribution in [0.15, 0.2) is 36.5 Å². The third-order valence-electron chi connectivity index (χ3n) is 11.2. The maximum atomic E-state index is 12.8. The summed E-state index contributed by atoms with van der Waals surface area (Å²) in [5, 5.41) is 0. The molecular weight excluding hydrogens is 733 g/mol. The predicted molar refractivity (Wildman–Crippen MR) is 252 cm³/mol. The fourth-order valence-electron chi connectivity index (χ4n) is 7.34. The van der Waals surface area contributed by atoms with Gasteiger partial charge in [-0.15, -0.1) is 0 Å². The lowest BCUT2D eigenvalue weighted by Crippen LogP contribution is -2.30. The van der Waals surface area contributed by atoms with Gasteiger partial charge >= 0.3 is 17.9 Å². The van der Waals surface area contributed by atoms with Gasteiger partial charge in [-0.1, -0.05) is 231 Å². The first-order valence-corrected chi connectivity index (χ1v) is 25.5. The third kappa shape index (κ3) is 46.5. The van der Waals surface area contributed by atoms with Crippen LogP contribution in [0.1, 0.15) is 265 Å². The highest BCUT2D eigenvalue weighted by Crippen LogP contribution is 2.16. The van der Waals surface area contributed by atoms with E-state index >= 15 is 0 Å². The SMILES string of the molecule is CC/C=C\C/C=C\C/C=C\CCCCCCCC(=O)OC(COC(=O)CCCCCCCCCCC)COC(=O)CCCCCCCCCCCCCCCCCCC. The zero-order chi connectivity index (χ0) is 43.0. The van der Waals surface area contributed by atoms with Gasteiger partial charge in [-0.05, 0) is 51.4 Å². The van der Waals surface area contributed by atoms with E-state index in [2.05, 4.69) is 57.2 Å². The zero-order valence-electron chi connectivity index (χ0n) is 39.3. The van der Waals surface area contributed by atoms with Crippen molar-refractivity contribution in [1.29, 1.82) is 0 Å². The van der Waals surface area contributed by atoms with Crippen LogP contribution in [-0.4, -0.2) is 37.2 Å². The van der Waals surface area contributed by atoms with E-state index in [0.29, 0.717) is 19.3 Å². The summed E-state index contributed by atoms with van der Waals surface area (Å²) in [5.74, 6) is -0.885. The highest BCUT2D eigenvalue weighted by molar-refractivity contribution is 5.71. The van der Waals surface area contributed by atoms with Crippen molar-refractivity contribution in [2.45, 2.75) is 271 Å². The fraction of sp³-hybridized carbons (Fsp3) is 0.830. The van der Waals surface area contributed by atoms with Gasteiger partial charge in [0.15, 0.2) is 6.10 Å². The van der Waals surface area contributed by atoms with Gasteiger partial charge in [-0.2, -0.15) is 0 Å². The first-order valence-electron chi connectivity index (χ1n) is 25.5. The minimum Gasteiger partial charge on any atom is -0.462 e. The average molecular weight is 829 g/mol. The second kappa shape index (κ2) is 48.3. The molecule has 59 heavy (non-hydrogen) atoms. The lowest BCUT2D eigenvalue weighted by Gasteiger charge is -2.18. The summed E-state index contributed by atoms with van der Waals surface area (Å²) in [5.41, 5.74) is 0. The van der Waals surface area contributed by atoms with E-state index in [4.69, 9.17) is 14.2 Å². The van der Waals surface area contributed by atoms with Crippen molar-refractivity contribution >= 4 is 17.9 Å². The molecule has 0 radical (unpaired) electrons. The molecule has 0 aliphatic rings. The van der Waals surface area contributed by atoms with E-state index in [1.54, 1.807) is 0 Å². The topological polar surface area (TPSA) is 78.9 Å². The molecule has 0 saturated carbocycles. The molecule has 0 heterocycles. The minimum absolute atomic E-state index is 0.0753. The number of ether oxygens (including phenoxy) is 3. The van der Waals surface area contributed by atoms with Gasteiger partial charge in [0.25, 0.3) is 0 Å². The van der Waals surface area contributed by atoms with E-state index in [9.17, 15) is 14.4 Å². The van der Waals surface area contributed by atoms with Crippen LogP contribution in [-0.2, 0) is 28.6 Å². The molecule has 0 amide bonds. The molecule has 0 fully saturated rings. The van der Waals surface area contributed by atoms with Crippen molar-refractivity contribution in [2.75, 3.05) is 13.2 Å². The highest BCUT2D eigenvalue weighted by atomic mass is 16.6. The maximum Gasteiger partial charge on any atom is 0.306 e. The molecule has 0 aromatic carbocycles. The van der Waals surface area contributed by atoms with E-state index in [1.807, 2.05) is 0 Å². The minimum atomic E-state index is -0.775. The normalized spacial score (nSPS) is 12.3. The van der Waals surface area contributed by atoms with Crippen LogP contribution in [0.25, 0.3) is 0 Å². The first-order chi connectivity index (χ1) is 29.0. The number of unbranched alkanes of at least 4 members (excludes halogenated alkanes) is 29. The lowest BCUT2D eigenvalue weighted by atomic mass is 10.0. The summed E-state index contributed by atoms with van der Waals surface area (Å²) in [6.07, 6.45) is 55.6. The second-order valence-corrected chi connectivity index (χ2v) is 17.1. The number of esters is 3. The number of rotatable bonds is 46. The molecule has 6 nitrogen and oxygen atoms in total. The third-order valence-corrected chi connectivity index (χ3v) is 11.2. The number of hydrogen-bond acceptors (Lipinski definition) is 6. The van der Waals surface area contributed by atoms with Gasteiger partial charge in [0.05, 0.1) is 0 Å². The molecule has 6 heteroatoms. The summed E-state index contributed by atoms with van der Waals surface area (Å²) in [7, 11) is 0. The van der Waals surface area contributed by atoms with Gasteiger partial charge < -0.3 is 14.2 Å². The predicted octanol–water partition coefficient (Wildman–Crippen LogP) is 16.5. The number of carbonyl (C=O) groups is 3. The maximum absolute atomic E-state index is 12.8. The van der Waals surface area contributed by atoms with Gasteiger partial charge in [0, 0.05) is 19.3 Å². The first kappa shape index (κ1) is 56.6. The summed E-state index contributed by atoms with van der Waals surface area (Å²) < 4.78 is 16.8. The van der Waals surface area contributed by atoms with Gasteiger partial charge in [0.2, 0.25) is 0 Å². The largest absolute Gasteiger partial charge is 0.462 e. The van der Waals surface area contributed by atoms with Crippen LogP contribution >= 0.6 is 0 Å². The molecule has 0 bridgehead atoms. The lowest BCUT2D eigenvalue weighted by molar-refractivity contribution is -0.167. The fourth-order valence-corrected chi connectivity index (χ4v) is 7.34. The average Bonchev–Trinajstić information content (AvgIpc) is 3.23. The van der Waals surface area contributed by atoms with Crippen LogP contribution in [0.4, 0.5) is 0 Å². The molecule has 0 spiro atoms. The molecule has 1 unspecified atom stereocenters. The van der Waals surface area contributed by atoms with Crippen LogP contribution in [0.5, 0.6) is 0 Å². The Morgan fingerprint density at radius 3 is 1.03 bits per heavy atom.